The lowest BCUT2D eigenvalue weighted by Crippen LogP contribution is -2.21. The lowest BCUT2D eigenvalue weighted by atomic mass is 9.93. The fourth-order valence-electron chi connectivity index (χ4n) is 2.71. The van der Waals surface area contributed by atoms with Crippen LogP contribution in [0, 0.1) is 0 Å². The fourth-order valence-corrected chi connectivity index (χ4v) is 3.23. The van der Waals surface area contributed by atoms with Gasteiger partial charge in [-0.25, -0.2) is 0 Å². The van der Waals surface area contributed by atoms with Crippen LogP contribution in [-0.4, -0.2) is 28.1 Å². The molecule has 0 bridgehead atoms. The summed E-state index contributed by atoms with van der Waals surface area (Å²) >= 11 is 3.50. The number of fused-ring (bicyclic) bond motifs is 1. The molecule has 2 aromatic rings. The first kappa shape index (κ1) is 12.9. The number of nitrogens with zero attached hydrogens (tertiary/aromatic N) is 2. The third-order valence-corrected chi connectivity index (χ3v) is 4.46. The smallest absolute Gasteiger partial charge is 0.135 e. The highest BCUT2D eigenvalue weighted by Crippen LogP contribution is 2.32. The molecular weight excluding hydrogens is 308 g/mol. The summed E-state index contributed by atoms with van der Waals surface area (Å²) in [6.45, 7) is 0. The van der Waals surface area contributed by atoms with E-state index in [4.69, 9.17) is 4.74 Å². The van der Waals surface area contributed by atoms with Gasteiger partial charge in [0.2, 0.25) is 0 Å². The highest BCUT2D eigenvalue weighted by molar-refractivity contribution is 9.10. The van der Waals surface area contributed by atoms with Crippen LogP contribution >= 0.6 is 15.9 Å². The predicted octanol–water partition coefficient (Wildman–Crippen LogP) is 3.28. The maximum absolute atomic E-state index is 9.57. The molecule has 0 saturated heterocycles. The number of aliphatic hydroxyl groups is 1. The zero-order chi connectivity index (χ0) is 13.4. The molecule has 4 nitrogen and oxygen atoms in total. The lowest BCUT2D eigenvalue weighted by Gasteiger charge is -2.25. The van der Waals surface area contributed by atoms with Gasteiger partial charge in [0.25, 0.3) is 0 Å². The van der Waals surface area contributed by atoms with Gasteiger partial charge in [-0.2, -0.15) is 5.10 Å². The summed E-state index contributed by atoms with van der Waals surface area (Å²) in [4.78, 5) is 0. The maximum atomic E-state index is 9.57. The van der Waals surface area contributed by atoms with Crippen molar-refractivity contribution in [2.75, 3.05) is 7.11 Å². The van der Waals surface area contributed by atoms with E-state index in [-0.39, 0.29) is 6.10 Å². The van der Waals surface area contributed by atoms with E-state index in [9.17, 15) is 5.11 Å². The largest absolute Gasteiger partial charge is 0.495 e. The normalized spacial score (nSPS) is 23.7. The van der Waals surface area contributed by atoms with Gasteiger partial charge in [-0.15, -0.1) is 0 Å². The molecule has 1 heterocycles. The molecule has 1 N–H and O–H groups in total. The number of halogens is 1. The van der Waals surface area contributed by atoms with Crippen molar-refractivity contribution in [3.05, 3.63) is 22.8 Å². The second-order valence-electron chi connectivity index (χ2n) is 5.12. The minimum atomic E-state index is -0.129. The lowest BCUT2D eigenvalue weighted by molar-refractivity contribution is 0.108. The van der Waals surface area contributed by atoms with Gasteiger partial charge in [0, 0.05) is 17.6 Å². The van der Waals surface area contributed by atoms with Crippen molar-refractivity contribution in [2.24, 2.45) is 0 Å². The van der Waals surface area contributed by atoms with Crippen molar-refractivity contribution in [3.8, 4) is 5.75 Å². The minimum Gasteiger partial charge on any atom is -0.495 e. The van der Waals surface area contributed by atoms with Gasteiger partial charge in [-0.05, 0) is 47.7 Å². The van der Waals surface area contributed by atoms with Crippen molar-refractivity contribution in [2.45, 2.75) is 37.8 Å². The highest BCUT2D eigenvalue weighted by Gasteiger charge is 2.21. The van der Waals surface area contributed by atoms with Crippen molar-refractivity contribution >= 4 is 26.8 Å². The maximum Gasteiger partial charge on any atom is 0.135 e. The molecule has 0 radical (unpaired) electrons. The molecule has 19 heavy (non-hydrogen) atoms. The van der Waals surface area contributed by atoms with Gasteiger partial charge in [0.05, 0.1) is 29.2 Å². The number of ether oxygens (including phenoxy) is 1. The van der Waals surface area contributed by atoms with Crippen molar-refractivity contribution in [1.82, 2.24) is 9.78 Å². The zero-order valence-corrected chi connectivity index (χ0v) is 12.4. The first-order chi connectivity index (χ1) is 9.17. The number of benzene rings is 1. The van der Waals surface area contributed by atoms with Gasteiger partial charge in [0.15, 0.2) is 0 Å². The van der Waals surface area contributed by atoms with Gasteiger partial charge >= 0.3 is 0 Å². The van der Waals surface area contributed by atoms with Crippen molar-refractivity contribution in [1.29, 1.82) is 0 Å². The van der Waals surface area contributed by atoms with Crippen LogP contribution in [0.1, 0.15) is 31.7 Å². The third-order valence-electron chi connectivity index (χ3n) is 3.84. The van der Waals surface area contributed by atoms with Crippen LogP contribution in [0.25, 0.3) is 10.9 Å². The summed E-state index contributed by atoms with van der Waals surface area (Å²) in [7, 11) is 1.66. The standard InChI is InChI=1S/C14H17BrN2O2/c1-19-14-7-13-9(6-12(14)15)8-17(16-13)10-2-4-11(18)5-3-10/h6-8,10-11,18H,2-5H2,1H3/t10-,11+. The monoisotopic (exact) mass is 324 g/mol. The average Bonchev–Trinajstić information content (AvgIpc) is 2.81. The Morgan fingerprint density at radius 3 is 2.74 bits per heavy atom. The molecule has 0 unspecified atom stereocenters. The Bertz CT molecular complexity index is 588. The SMILES string of the molecule is COc1cc2nn([C@H]3CC[C@@H](O)CC3)cc2cc1Br. The van der Waals surface area contributed by atoms with Crippen LogP contribution in [0.15, 0.2) is 22.8 Å². The number of hydrogen-bond donors (Lipinski definition) is 1. The molecule has 5 heteroatoms. The Kier molecular flexibility index (Phi) is 3.50. The van der Waals surface area contributed by atoms with Crippen LogP contribution in [-0.2, 0) is 0 Å². The summed E-state index contributed by atoms with van der Waals surface area (Å²) < 4.78 is 8.28. The van der Waals surface area contributed by atoms with E-state index < -0.39 is 0 Å². The molecule has 0 amide bonds. The number of rotatable bonds is 2. The fraction of sp³-hybridized carbons (Fsp3) is 0.500. The van der Waals surface area contributed by atoms with Crippen LogP contribution in [0.5, 0.6) is 5.75 Å². The molecule has 0 spiro atoms. The molecule has 1 aromatic heterocycles. The first-order valence-corrected chi connectivity index (χ1v) is 7.37. The highest BCUT2D eigenvalue weighted by atomic mass is 79.9. The van der Waals surface area contributed by atoms with E-state index in [0.717, 1.165) is 46.8 Å². The molecule has 1 fully saturated rings. The summed E-state index contributed by atoms with van der Waals surface area (Å²) in [6.07, 6.45) is 5.68. The number of aliphatic hydroxyl groups excluding tert-OH is 1. The van der Waals surface area contributed by atoms with Crippen LogP contribution in [0.4, 0.5) is 0 Å². The van der Waals surface area contributed by atoms with Crippen LogP contribution in [0.2, 0.25) is 0 Å². The second-order valence-corrected chi connectivity index (χ2v) is 5.97. The van der Waals surface area contributed by atoms with E-state index in [2.05, 4.69) is 27.2 Å². The summed E-state index contributed by atoms with van der Waals surface area (Å²) in [6, 6.07) is 4.39. The quantitative estimate of drug-likeness (QED) is 0.922. The summed E-state index contributed by atoms with van der Waals surface area (Å²) in [5.74, 6) is 0.803. The molecule has 1 aliphatic carbocycles. The Morgan fingerprint density at radius 2 is 2.05 bits per heavy atom. The average molecular weight is 325 g/mol. The molecule has 102 valence electrons. The van der Waals surface area contributed by atoms with E-state index in [1.807, 2.05) is 16.8 Å². The number of aromatic nitrogens is 2. The Morgan fingerprint density at radius 1 is 1.32 bits per heavy atom. The van der Waals surface area contributed by atoms with E-state index in [1.165, 1.54) is 0 Å². The van der Waals surface area contributed by atoms with E-state index in [0.29, 0.717) is 6.04 Å². The van der Waals surface area contributed by atoms with E-state index in [1.54, 1.807) is 7.11 Å². The predicted molar refractivity (Wildman–Crippen MR) is 77.5 cm³/mol. The zero-order valence-electron chi connectivity index (χ0n) is 10.8. The number of methoxy groups -OCH3 is 1. The Labute approximate surface area is 120 Å². The summed E-state index contributed by atoms with van der Waals surface area (Å²) in [5.41, 5.74) is 0.950. The third kappa shape index (κ3) is 2.49. The molecule has 1 saturated carbocycles. The van der Waals surface area contributed by atoms with E-state index >= 15 is 0 Å². The van der Waals surface area contributed by atoms with Gasteiger partial charge in [-0.1, -0.05) is 0 Å². The Balaban J connectivity index is 1.93. The molecule has 1 aromatic carbocycles. The second kappa shape index (κ2) is 5.13. The molecule has 3 rings (SSSR count). The minimum absolute atomic E-state index is 0.129. The van der Waals surface area contributed by atoms with Gasteiger partial charge < -0.3 is 9.84 Å². The summed E-state index contributed by atoms with van der Waals surface area (Å²) in [5, 5.41) is 15.3. The van der Waals surface area contributed by atoms with Crippen LogP contribution < -0.4 is 4.74 Å². The Hall–Kier alpha value is -1.07. The van der Waals surface area contributed by atoms with Gasteiger partial charge in [0.1, 0.15) is 5.75 Å². The van der Waals surface area contributed by atoms with Crippen molar-refractivity contribution in [3.63, 3.8) is 0 Å². The van der Waals surface area contributed by atoms with Crippen LogP contribution in [0.3, 0.4) is 0 Å². The molecule has 0 atom stereocenters. The topological polar surface area (TPSA) is 47.3 Å². The molecule has 1 aliphatic rings. The number of hydrogen-bond acceptors (Lipinski definition) is 3. The van der Waals surface area contributed by atoms with Crippen molar-refractivity contribution < 1.29 is 9.84 Å². The molecular formula is C14H17BrN2O2. The van der Waals surface area contributed by atoms with Gasteiger partial charge in [-0.3, -0.25) is 4.68 Å². The molecule has 0 aliphatic heterocycles. The first-order valence-electron chi connectivity index (χ1n) is 6.58.